The normalized spacial score (nSPS) is 11.6. The number of rotatable bonds is 5. The first kappa shape index (κ1) is 16.1. The summed E-state index contributed by atoms with van der Waals surface area (Å²) in [6.07, 6.45) is 1.61. The monoisotopic (exact) mass is 320 g/mol. The number of hydrogen-bond donors (Lipinski definition) is 1. The van der Waals surface area contributed by atoms with Crippen LogP contribution in [0, 0.1) is 6.92 Å². The standard InChI is InChI=1S/C16H17ClN2O3/c1-10-5-4-8-18-15(10)19-16(20)14(17)11-6-7-12(21-2)13(9-11)22-3/h4-9,14H,1-3H3,(H,18,19,20). The number of carbonyl (C=O) groups is 1. The summed E-state index contributed by atoms with van der Waals surface area (Å²) in [7, 11) is 3.08. The van der Waals surface area contributed by atoms with E-state index in [4.69, 9.17) is 21.1 Å². The molecule has 0 fully saturated rings. The van der Waals surface area contributed by atoms with Crippen LogP contribution in [0.2, 0.25) is 0 Å². The van der Waals surface area contributed by atoms with E-state index in [0.29, 0.717) is 22.9 Å². The first-order valence-corrected chi connectivity index (χ1v) is 7.09. The lowest BCUT2D eigenvalue weighted by atomic mass is 10.1. The highest BCUT2D eigenvalue weighted by Crippen LogP contribution is 2.32. The number of ether oxygens (including phenoxy) is 2. The van der Waals surface area contributed by atoms with Crippen LogP contribution in [0.15, 0.2) is 36.5 Å². The Morgan fingerprint density at radius 2 is 1.95 bits per heavy atom. The molecular formula is C16H17ClN2O3. The molecule has 0 aliphatic heterocycles. The van der Waals surface area contributed by atoms with Crippen molar-refractivity contribution in [2.45, 2.75) is 12.3 Å². The number of halogens is 1. The highest BCUT2D eigenvalue weighted by atomic mass is 35.5. The topological polar surface area (TPSA) is 60.5 Å². The van der Waals surface area contributed by atoms with Gasteiger partial charge in [-0.05, 0) is 36.2 Å². The molecule has 0 aliphatic carbocycles. The summed E-state index contributed by atoms with van der Waals surface area (Å²) in [5.74, 6) is 1.25. The van der Waals surface area contributed by atoms with Crippen LogP contribution >= 0.6 is 11.6 Å². The van der Waals surface area contributed by atoms with Crippen molar-refractivity contribution in [2.75, 3.05) is 19.5 Å². The van der Waals surface area contributed by atoms with E-state index in [0.717, 1.165) is 5.56 Å². The minimum atomic E-state index is -0.860. The number of aromatic nitrogens is 1. The van der Waals surface area contributed by atoms with E-state index in [9.17, 15) is 4.79 Å². The number of pyridine rings is 1. The van der Waals surface area contributed by atoms with Gasteiger partial charge in [-0.1, -0.05) is 12.1 Å². The fourth-order valence-corrected chi connectivity index (χ4v) is 2.15. The molecule has 0 spiro atoms. The molecule has 1 unspecified atom stereocenters. The molecule has 1 N–H and O–H groups in total. The van der Waals surface area contributed by atoms with Gasteiger partial charge in [0.25, 0.3) is 0 Å². The van der Waals surface area contributed by atoms with Crippen LogP contribution in [0.5, 0.6) is 11.5 Å². The van der Waals surface area contributed by atoms with E-state index < -0.39 is 5.38 Å². The molecule has 0 aliphatic rings. The molecule has 1 atom stereocenters. The third kappa shape index (κ3) is 3.49. The third-order valence-electron chi connectivity index (χ3n) is 3.18. The van der Waals surface area contributed by atoms with Gasteiger partial charge in [-0.3, -0.25) is 4.79 Å². The molecule has 22 heavy (non-hydrogen) atoms. The summed E-state index contributed by atoms with van der Waals surface area (Å²) in [5.41, 5.74) is 1.48. The summed E-state index contributed by atoms with van der Waals surface area (Å²) in [4.78, 5) is 16.4. The highest BCUT2D eigenvalue weighted by molar-refractivity contribution is 6.32. The second kappa shape index (κ2) is 7.13. The van der Waals surface area contributed by atoms with Gasteiger partial charge in [0.2, 0.25) is 5.91 Å². The van der Waals surface area contributed by atoms with Crippen molar-refractivity contribution in [1.82, 2.24) is 4.98 Å². The Hall–Kier alpha value is -2.27. The van der Waals surface area contributed by atoms with Crippen molar-refractivity contribution in [3.63, 3.8) is 0 Å². The van der Waals surface area contributed by atoms with Crippen LogP contribution in [-0.4, -0.2) is 25.1 Å². The van der Waals surface area contributed by atoms with Crippen LogP contribution in [0.4, 0.5) is 5.82 Å². The Labute approximate surface area is 134 Å². The minimum Gasteiger partial charge on any atom is -0.493 e. The minimum absolute atomic E-state index is 0.351. The molecule has 2 aromatic rings. The zero-order valence-corrected chi connectivity index (χ0v) is 13.3. The number of benzene rings is 1. The van der Waals surface area contributed by atoms with E-state index in [1.54, 1.807) is 37.6 Å². The van der Waals surface area contributed by atoms with Gasteiger partial charge >= 0.3 is 0 Å². The van der Waals surface area contributed by atoms with Crippen molar-refractivity contribution in [2.24, 2.45) is 0 Å². The van der Waals surface area contributed by atoms with Crippen LogP contribution in [0.3, 0.4) is 0 Å². The van der Waals surface area contributed by atoms with Gasteiger partial charge in [-0.2, -0.15) is 0 Å². The van der Waals surface area contributed by atoms with Gasteiger partial charge in [-0.25, -0.2) is 4.98 Å². The molecule has 1 aromatic heterocycles. The fourth-order valence-electron chi connectivity index (χ4n) is 1.96. The average Bonchev–Trinajstić information content (AvgIpc) is 2.55. The summed E-state index contributed by atoms with van der Waals surface area (Å²) >= 11 is 6.25. The van der Waals surface area contributed by atoms with Crippen molar-refractivity contribution in [3.05, 3.63) is 47.7 Å². The summed E-state index contributed by atoms with van der Waals surface area (Å²) < 4.78 is 10.4. The number of hydrogen-bond acceptors (Lipinski definition) is 4. The van der Waals surface area contributed by atoms with Crippen molar-refractivity contribution >= 4 is 23.3 Å². The third-order valence-corrected chi connectivity index (χ3v) is 3.63. The van der Waals surface area contributed by atoms with Crippen molar-refractivity contribution in [3.8, 4) is 11.5 Å². The Bertz CT molecular complexity index is 676. The smallest absolute Gasteiger partial charge is 0.248 e. The van der Waals surface area contributed by atoms with Gasteiger partial charge in [0, 0.05) is 6.20 Å². The van der Waals surface area contributed by atoms with Gasteiger partial charge in [0.05, 0.1) is 14.2 Å². The van der Waals surface area contributed by atoms with Crippen LogP contribution in [0.25, 0.3) is 0 Å². The first-order valence-electron chi connectivity index (χ1n) is 6.65. The number of aryl methyl sites for hydroxylation is 1. The maximum absolute atomic E-state index is 12.3. The zero-order valence-electron chi connectivity index (χ0n) is 12.6. The predicted octanol–water partition coefficient (Wildman–Crippen LogP) is 3.33. The average molecular weight is 321 g/mol. The summed E-state index contributed by atoms with van der Waals surface area (Å²) in [6, 6.07) is 8.79. The zero-order chi connectivity index (χ0) is 16.1. The molecule has 1 aromatic carbocycles. The second-order valence-corrected chi connectivity index (χ2v) is 5.07. The molecule has 0 saturated heterocycles. The molecule has 0 saturated carbocycles. The molecule has 2 rings (SSSR count). The number of amides is 1. The molecule has 0 radical (unpaired) electrons. The Balaban J connectivity index is 2.19. The van der Waals surface area contributed by atoms with Crippen molar-refractivity contribution in [1.29, 1.82) is 0 Å². The molecule has 5 nitrogen and oxygen atoms in total. The molecule has 1 heterocycles. The maximum atomic E-state index is 12.3. The predicted molar refractivity (Wildman–Crippen MR) is 85.7 cm³/mol. The van der Waals surface area contributed by atoms with Crippen LogP contribution in [-0.2, 0) is 4.79 Å². The van der Waals surface area contributed by atoms with E-state index >= 15 is 0 Å². The van der Waals surface area contributed by atoms with Crippen LogP contribution in [0.1, 0.15) is 16.5 Å². The number of alkyl halides is 1. The Morgan fingerprint density at radius 3 is 2.59 bits per heavy atom. The lowest BCUT2D eigenvalue weighted by Gasteiger charge is -2.14. The lowest BCUT2D eigenvalue weighted by molar-refractivity contribution is -0.116. The second-order valence-electron chi connectivity index (χ2n) is 4.64. The SMILES string of the molecule is COc1ccc(C(Cl)C(=O)Nc2ncccc2C)cc1OC. The van der Waals surface area contributed by atoms with Crippen LogP contribution < -0.4 is 14.8 Å². The van der Waals surface area contributed by atoms with Gasteiger partial charge in [0.1, 0.15) is 11.2 Å². The Kier molecular flexibility index (Phi) is 5.22. The first-order chi connectivity index (χ1) is 10.6. The van der Waals surface area contributed by atoms with E-state index in [2.05, 4.69) is 10.3 Å². The maximum Gasteiger partial charge on any atom is 0.248 e. The number of nitrogens with one attached hydrogen (secondary N) is 1. The molecular weight excluding hydrogens is 304 g/mol. The van der Waals surface area contributed by atoms with E-state index in [-0.39, 0.29) is 5.91 Å². The number of methoxy groups -OCH3 is 2. The molecule has 0 bridgehead atoms. The Morgan fingerprint density at radius 1 is 1.23 bits per heavy atom. The molecule has 6 heteroatoms. The van der Waals surface area contributed by atoms with Crippen molar-refractivity contribution < 1.29 is 14.3 Å². The summed E-state index contributed by atoms with van der Waals surface area (Å²) in [6.45, 7) is 1.86. The number of nitrogens with zero attached hydrogens (tertiary/aromatic N) is 1. The molecule has 116 valence electrons. The number of anilines is 1. The summed E-state index contributed by atoms with van der Waals surface area (Å²) in [5, 5.41) is 1.86. The molecule has 1 amide bonds. The largest absolute Gasteiger partial charge is 0.493 e. The van der Waals surface area contributed by atoms with Gasteiger partial charge < -0.3 is 14.8 Å². The fraction of sp³-hybridized carbons (Fsp3) is 0.250. The quantitative estimate of drug-likeness (QED) is 0.858. The highest BCUT2D eigenvalue weighted by Gasteiger charge is 2.20. The van der Waals surface area contributed by atoms with Gasteiger partial charge in [0.15, 0.2) is 11.5 Å². The van der Waals surface area contributed by atoms with Gasteiger partial charge in [-0.15, -0.1) is 11.6 Å². The van der Waals surface area contributed by atoms with E-state index in [1.165, 1.54) is 7.11 Å². The van der Waals surface area contributed by atoms with E-state index in [1.807, 2.05) is 13.0 Å². The number of carbonyl (C=O) groups excluding carboxylic acids is 1. The lowest BCUT2D eigenvalue weighted by Crippen LogP contribution is -2.18.